The highest BCUT2D eigenvalue weighted by molar-refractivity contribution is 7.16. The molecule has 2 amide bonds. The third kappa shape index (κ3) is 3.46. The highest BCUT2D eigenvalue weighted by atomic mass is 32.1. The van der Waals surface area contributed by atoms with Crippen molar-refractivity contribution in [2.75, 3.05) is 32.7 Å². The fourth-order valence-electron chi connectivity index (χ4n) is 3.71. The Labute approximate surface area is 172 Å². The normalized spacial score (nSPS) is 17.6. The summed E-state index contributed by atoms with van der Waals surface area (Å²) >= 11 is 1.51. The average molecular weight is 417 g/mol. The fraction of sp³-hybridized carbons (Fsp3) is 0.400. The number of nitrogens with one attached hydrogen (secondary N) is 2. The minimum Gasteiger partial charge on any atom is -0.497 e. The van der Waals surface area contributed by atoms with Crippen LogP contribution < -0.4 is 20.1 Å². The maximum absolute atomic E-state index is 13.0. The topological polar surface area (TPSA) is 89.1 Å². The van der Waals surface area contributed by atoms with Crippen LogP contribution >= 0.6 is 11.3 Å². The monoisotopic (exact) mass is 417 g/mol. The third-order valence-electron chi connectivity index (χ3n) is 5.11. The number of rotatable bonds is 4. The molecule has 8 nitrogen and oxygen atoms in total. The summed E-state index contributed by atoms with van der Waals surface area (Å²) in [6.45, 7) is 3.12. The molecule has 3 heterocycles. The lowest BCUT2D eigenvalue weighted by Gasteiger charge is -2.29. The van der Waals surface area contributed by atoms with Crippen molar-refractivity contribution >= 4 is 28.3 Å². The molecule has 2 aromatic rings. The molecule has 1 aromatic carbocycles. The maximum atomic E-state index is 13.0. The lowest BCUT2D eigenvalue weighted by molar-refractivity contribution is 0.0933. The van der Waals surface area contributed by atoms with E-state index in [1.807, 2.05) is 18.2 Å². The summed E-state index contributed by atoms with van der Waals surface area (Å²) in [6.07, 6.45) is -0.135. The zero-order chi connectivity index (χ0) is 20.5. The second kappa shape index (κ2) is 7.82. The molecule has 0 radical (unpaired) electrons. The summed E-state index contributed by atoms with van der Waals surface area (Å²) in [6, 6.07) is 5.47. The van der Waals surface area contributed by atoms with Crippen molar-refractivity contribution in [3.8, 4) is 11.5 Å². The van der Waals surface area contributed by atoms with Gasteiger partial charge in [0.2, 0.25) is 0 Å². The van der Waals surface area contributed by atoms with Crippen molar-refractivity contribution in [2.24, 2.45) is 0 Å². The Morgan fingerprint density at radius 1 is 1.28 bits per heavy atom. The van der Waals surface area contributed by atoms with Gasteiger partial charge in [-0.15, -0.1) is 11.3 Å². The first-order valence-corrected chi connectivity index (χ1v) is 10.2. The number of fused-ring (bicyclic) bond motifs is 3. The summed E-state index contributed by atoms with van der Waals surface area (Å²) in [5.74, 6) is 1.20. The van der Waals surface area contributed by atoms with Crippen LogP contribution in [0.3, 0.4) is 0 Å². The molecule has 0 saturated heterocycles. The van der Waals surface area contributed by atoms with E-state index in [-0.39, 0.29) is 12.0 Å². The maximum Gasteiger partial charge on any atom is 0.410 e. The van der Waals surface area contributed by atoms with Crippen molar-refractivity contribution < 1.29 is 23.8 Å². The SMILES string of the molecule is CCOC(=O)N1CCc2c(sc3c2C(=O)NC(c2cc(OC)ccc2OC)N3)C1. The van der Waals surface area contributed by atoms with Gasteiger partial charge in [-0.25, -0.2) is 4.79 Å². The molecule has 2 aliphatic rings. The predicted molar refractivity (Wildman–Crippen MR) is 109 cm³/mol. The quantitative estimate of drug-likeness (QED) is 0.795. The molecule has 9 heteroatoms. The number of amides is 2. The van der Waals surface area contributed by atoms with Crippen molar-refractivity contribution in [1.82, 2.24) is 10.2 Å². The summed E-state index contributed by atoms with van der Waals surface area (Å²) in [4.78, 5) is 27.7. The van der Waals surface area contributed by atoms with Crippen molar-refractivity contribution in [1.29, 1.82) is 0 Å². The second-order valence-corrected chi connectivity index (χ2v) is 7.84. The number of methoxy groups -OCH3 is 2. The summed E-state index contributed by atoms with van der Waals surface area (Å²) in [7, 11) is 3.19. The minimum absolute atomic E-state index is 0.129. The number of carbonyl (C=O) groups is 2. The third-order valence-corrected chi connectivity index (χ3v) is 6.26. The first-order chi connectivity index (χ1) is 14.0. The Morgan fingerprint density at radius 2 is 2.10 bits per heavy atom. The minimum atomic E-state index is -0.443. The van der Waals surface area contributed by atoms with Crippen LogP contribution in [0.25, 0.3) is 0 Å². The number of hydrogen-bond acceptors (Lipinski definition) is 7. The van der Waals surface area contributed by atoms with E-state index in [2.05, 4.69) is 10.6 Å². The first kappa shape index (κ1) is 19.4. The van der Waals surface area contributed by atoms with Crippen LogP contribution in [0.15, 0.2) is 18.2 Å². The van der Waals surface area contributed by atoms with Crippen molar-refractivity contribution in [3.63, 3.8) is 0 Å². The molecule has 2 aliphatic heterocycles. The smallest absolute Gasteiger partial charge is 0.410 e. The summed E-state index contributed by atoms with van der Waals surface area (Å²) in [5, 5.41) is 7.24. The van der Waals surface area contributed by atoms with E-state index >= 15 is 0 Å². The van der Waals surface area contributed by atoms with Crippen LogP contribution in [-0.2, 0) is 17.7 Å². The van der Waals surface area contributed by atoms with Crippen LogP contribution in [0.1, 0.15) is 39.5 Å². The van der Waals surface area contributed by atoms with Gasteiger partial charge in [0.05, 0.1) is 32.9 Å². The zero-order valence-electron chi connectivity index (χ0n) is 16.5. The van der Waals surface area contributed by atoms with E-state index < -0.39 is 6.17 Å². The number of anilines is 1. The van der Waals surface area contributed by atoms with Crippen LogP contribution in [0, 0.1) is 0 Å². The number of nitrogens with zero attached hydrogens (tertiary/aromatic N) is 1. The molecule has 1 aromatic heterocycles. The van der Waals surface area contributed by atoms with E-state index in [1.54, 1.807) is 26.0 Å². The Hall–Kier alpha value is -2.94. The number of hydrogen-bond donors (Lipinski definition) is 2. The molecule has 0 aliphatic carbocycles. The molecule has 0 bridgehead atoms. The van der Waals surface area contributed by atoms with Gasteiger partial charge in [-0.1, -0.05) is 0 Å². The molecule has 0 fully saturated rings. The van der Waals surface area contributed by atoms with Crippen LogP contribution in [-0.4, -0.2) is 44.3 Å². The second-order valence-electron chi connectivity index (χ2n) is 6.74. The number of ether oxygens (including phenoxy) is 3. The summed E-state index contributed by atoms with van der Waals surface area (Å²) in [5.41, 5.74) is 2.46. The van der Waals surface area contributed by atoms with E-state index in [4.69, 9.17) is 14.2 Å². The van der Waals surface area contributed by atoms with Crippen molar-refractivity contribution in [2.45, 2.75) is 26.1 Å². The zero-order valence-corrected chi connectivity index (χ0v) is 17.4. The van der Waals surface area contributed by atoms with Gasteiger partial charge in [-0.3, -0.25) is 4.79 Å². The number of thiophene rings is 1. The van der Waals surface area contributed by atoms with Crippen LogP contribution in [0.2, 0.25) is 0 Å². The van der Waals surface area contributed by atoms with Gasteiger partial charge in [-0.2, -0.15) is 0 Å². The van der Waals surface area contributed by atoms with Gasteiger partial charge >= 0.3 is 6.09 Å². The molecule has 1 atom stereocenters. The number of carbonyl (C=O) groups excluding carboxylic acids is 2. The van der Waals surface area contributed by atoms with Gasteiger partial charge < -0.3 is 29.7 Å². The Bertz CT molecular complexity index is 958. The molecule has 154 valence electrons. The molecule has 0 spiro atoms. The lowest BCUT2D eigenvalue weighted by atomic mass is 10.0. The van der Waals surface area contributed by atoms with Gasteiger partial charge in [0.1, 0.15) is 22.7 Å². The lowest BCUT2D eigenvalue weighted by Crippen LogP contribution is -2.39. The van der Waals surface area contributed by atoms with E-state index in [0.717, 1.165) is 21.0 Å². The average Bonchev–Trinajstić information content (AvgIpc) is 3.11. The van der Waals surface area contributed by atoms with Gasteiger partial charge in [0, 0.05) is 17.0 Å². The molecule has 29 heavy (non-hydrogen) atoms. The fourth-order valence-corrected chi connectivity index (χ4v) is 5.00. The predicted octanol–water partition coefficient (Wildman–Crippen LogP) is 3.13. The molecular weight excluding hydrogens is 394 g/mol. The van der Waals surface area contributed by atoms with Gasteiger partial charge in [-0.05, 0) is 37.1 Å². The number of benzene rings is 1. The van der Waals surface area contributed by atoms with Crippen LogP contribution in [0.4, 0.5) is 9.80 Å². The van der Waals surface area contributed by atoms with E-state index in [9.17, 15) is 9.59 Å². The molecule has 4 rings (SSSR count). The Balaban J connectivity index is 1.63. The summed E-state index contributed by atoms with van der Waals surface area (Å²) < 4.78 is 15.9. The van der Waals surface area contributed by atoms with Crippen LogP contribution in [0.5, 0.6) is 11.5 Å². The van der Waals surface area contributed by atoms with E-state index in [1.165, 1.54) is 11.3 Å². The van der Waals surface area contributed by atoms with E-state index in [0.29, 0.717) is 43.2 Å². The molecule has 2 N–H and O–H groups in total. The standard InChI is InChI=1S/C20H23N3O5S/c1-4-28-20(25)23-8-7-12-15(10-23)29-19-16(12)18(24)21-17(22-19)13-9-11(26-2)5-6-14(13)27-3/h5-6,9,17,22H,4,7-8,10H2,1-3H3,(H,21,24). The first-order valence-electron chi connectivity index (χ1n) is 9.41. The van der Waals surface area contributed by atoms with Crippen molar-refractivity contribution in [3.05, 3.63) is 39.8 Å². The Morgan fingerprint density at radius 3 is 2.83 bits per heavy atom. The largest absolute Gasteiger partial charge is 0.497 e. The highest BCUT2D eigenvalue weighted by Gasteiger charge is 2.35. The van der Waals surface area contributed by atoms with Gasteiger partial charge in [0.15, 0.2) is 0 Å². The highest BCUT2D eigenvalue weighted by Crippen LogP contribution is 2.42. The van der Waals surface area contributed by atoms with Gasteiger partial charge in [0.25, 0.3) is 5.91 Å². The molecule has 1 unspecified atom stereocenters. The Kier molecular flexibility index (Phi) is 5.23. The molecular formula is C20H23N3O5S. The molecule has 0 saturated carbocycles.